The van der Waals surface area contributed by atoms with Gasteiger partial charge in [0.25, 0.3) is 5.91 Å². The molecule has 1 aromatic heterocycles. The summed E-state index contributed by atoms with van der Waals surface area (Å²) in [5.41, 5.74) is 0.778. The van der Waals surface area contributed by atoms with Crippen molar-refractivity contribution in [2.75, 3.05) is 6.61 Å². The van der Waals surface area contributed by atoms with Crippen molar-refractivity contribution >= 4 is 23.2 Å². The van der Waals surface area contributed by atoms with Crippen LogP contribution in [0.25, 0.3) is 0 Å². The van der Waals surface area contributed by atoms with E-state index in [1.807, 2.05) is 17.5 Å². The molecular weight excluding hydrogens is 365 g/mol. The Kier molecular flexibility index (Phi) is 6.98. The van der Waals surface area contributed by atoms with Crippen LogP contribution in [0.2, 0.25) is 0 Å². The Labute approximate surface area is 162 Å². The second-order valence-corrected chi connectivity index (χ2v) is 7.90. The molecule has 1 aliphatic rings. The Hall–Kier alpha value is -2.21. The average Bonchev–Trinajstić information content (AvgIpc) is 3.37. The lowest BCUT2D eigenvalue weighted by Gasteiger charge is -2.18. The van der Waals surface area contributed by atoms with Crippen LogP contribution in [0.3, 0.4) is 0 Å². The van der Waals surface area contributed by atoms with Crippen LogP contribution in [-0.4, -0.2) is 18.5 Å². The summed E-state index contributed by atoms with van der Waals surface area (Å²) in [4.78, 5) is 25.1. The van der Waals surface area contributed by atoms with Gasteiger partial charge in [0.05, 0.1) is 6.04 Å². The molecule has 1 aliphatic carbocycles. The van der Waals surface area contributed by atoms with Crippen molar-refractivity contribution in [3.8, 4) is 0 Å². The van der Waals surface area contributed by atoms with E-state index in [-0.39, 0.29) is 24.3 Å². The van der Waals surface area contributed by atoms with Gasteiger partial charge in [-0.05, 0) is 41.5 Å². The summed E-state index contributed by atoms with van der Waals surface area (Å²) in [6.45, 7) is -0.299. The minimum absolute atomic E-state index is 0.299. The van der Waals surface area contributed by atoms with E-state index in [0.29, 0.717) is 12.3 Å². The van der Waals surface area contributed by atoms with Gasteiger partial charge in [0.1, 0.15) is 5.82 Å². The van der Waals surface area contributed by atoms with Crippen LogP contribution in [0.1, 0.15) is 55.0 Å². The molecule has 2 aromatic rings. The normalized spacial score (nSPS) is 15.4. The first-order valence-electron chi connectivity index (χ1n) is 9.35. The number of esters is 1. The van der Waals surface area contributed by atoms with Crippen LogP contribution < -0.4 is 5.32 Å². The largest absolute Gasteiger partial charge is 0.456 e. The smallest absolute Gasteiger partial charge is 0.306 e. The molecule has 0 bridgehead atoms. The minimum Gasteiger partial charge on any atom is -0.456 e. The third kappa shape index (κ3) is 5.89. The Morgan fingerprint density at radius 3 is 2.59 bits per heavy atom. The first kappa shape index (κ1) is 19.5. The molecule has 27 heavy (non-hydrogen) atoms. The van der Waals surface area contributed by atoms with E-state index < -0.39 is 6.04 Å². The van der Waals surface area contributed by atoms with Crippen LogP contribution in [0.4, 0.5) is 4.39 Å². The summed E-state index contributed by atoms with van der Waals surface area (Å²) >= 11 is 1.50. The highest BCUT2D eigenvalue weighted by molar-refractivity contribution is 7.10. The standard InChI is InChI=1S/C21H24FNO3S/c22-17-10-8-16(9-11-17)21(18-6-3-13-27-18)23-19(24)14-26-20(25)12-7-15-4-1-2-5-15/h3,6,8-11,13,15,21H,1-2,4-5,7,12,14H2,(H,23,24)/t21-/m0/s1. The summed E-state index contributed by atoms with van der Waals surface area (Å²) in [6, 6.07) is 9.44. The third-order valence-corrected chi connectivity index (χ3v) is 5.87. The van der Waals surface area contributed by atoms with Crippen LogP contribution in [0.5, 0.6) is 0 Å². The number of halogens is 1. The van der Waals surface area contributed by atoms with Crippen molar-refractivity contribution in [2.24, 2.45) is 5.92 Å². The quantitative estimate of drug-likeness (QED) is 0.671. The molecule has 4 nitrogen and oxygen atoms in total. The second kappa shape index (κ2) is 9.65. The molecule has 144 valence electrons. The first-order chi connectivity index (χ1) is 13.1. The Bertz CT molecular complexity index is 739. The molecule has 1 fully saturated rings. The lowest BCUT2D eigenvalue weighted by Crippen LogP contribution is -2.32. The van der Waals surface area contributed by atoms with Crippen molar-refractivity contribution in [3.63, 3.8) is 0 Å². The predicted octanol–water partition coefficient (Wildman–Crippen LogP) is 4.61. The molecule has 1 saturated carbocycles. The number of carbonyl (C=O) groups excluding carboxylic acids is 2. The molecule has 1 heterocycles. The third-order valence-electron chi connectivity index (χ3n) is 4.93. The highest BCUT2D eigenvalue weighted by Crippen LogP contribution is 2.28. The van der Waals surface area contributed by atoms with E-state index in [1.165, 1.54) is 49.2 Å². The Balaban J connectivity index is 1.51. The summed E-state index contributed by atoms with van der Waals surface area (Å²) in [6.07, 6.45) is 6.07. The number of nitrogens with one attached hydrogen (secondary N) is 1. The molecule has 0 aliphatic heterocycles. The molecule has 0 radical (unpaired) electrons. The number of ether oxygens (including phenoxy) is 1. The maximum atomic E-state index is 13.2. The van der Waals surface area contributed by atoms with Crippen LogP contribution in [0.15, 0.2) is 41.8 Å². The van der Waals surface area contributed by atoms with Gasteiger partial charge in [-0.25, -0.2) is 4.39 Å². The van der Waals surface area contributed by atoms with Gasteiger partial charge in [-0.2, -0.15) is 0 Å². The Morgan fingerprint density at radius 2 is 1.93 bits per heavy atom. The van der Waals surface area contributed by atoms with Gasteiger partial charge >= 0.3 is 5.97 Å². The van der Waals surface area contributed by atoms with Crippen LogP contribution in [0, 0.1) is 11.7 Å². The Morgan fingerprint density at radius 1 is 1.19 bits per heavy atom. The zero-order valence-corrected chi connectivity index (χ0v) is 16.0. The number of hydrogen-bond donors (Lipinski definition) is 1. The molecule has 6 heteroatoms. The molecule has 1 aromatic carbocycles. The van der Waals surface area contributed by atoms with Gasteiger partial charge in [-0.3, -0.25) is 9.59 Å². The van der Waals surface area contributed by atoms with Crippen molar-refractivity contribution in [1.29, 1.82) is 0 Å². The monoisotopic (exact) mass is 389 g/mol. The van der Waals surface area contributed by atoms with E-state index in [9.17, 15) is 14.0 Å². The van der Waals surface area contributed by atoms with Gasteiger partial charge < -0.3 is 10.1 Å². The number of hydrogen-bond acceptors (Lipinski definition) is 4. The fourth-order valence-electron chi connectivity index (χ4n) is 3.47. The maximum Gasteiger partial charge on any atom is 0.306 e. The zero-order valence-electron chi connectivity index (χ0n) is 15.2. The van der Waals surface area contributed by atoms with E-state index in [2.05, 4.69) is 5.32 Å². The van der Waals surface area contributed by atoms with Crippen molar-refractivity contribution < 1.29 is 18.7 Å². The molecule has 1 N–H and O–H groups in total. The van der Waals surface area contributed by atoms with E-state index in [0.717, 1.165) is 16.9 Å². The van der Waals surface area contributed by atoms with Gasteiger partial charge in [0.15, 0.2) is 6.61 Å². The summed E-state index contributed by atoms with van der Waals surface area (Å²) in [5.74, 6) is -0.405. The molecule has 0 spiro atoms. The molecule has 1 amide bonds. The fourth-order valence-corrected chi connectivity index (χ4v) is 4.27. The molecular formula is C21H24FNO3S. The maximum absolute atomic E-state index is 13.2. The predicted molar refractivity (Wildman–Crippen MR) is 103 cm³/mol. The van der Waals surface area contributed by atoms with E-state index >= 15 is 0 Å². The molecule has 1 atom stereocenters. The highest BCUT2D eigenvalue weighted by Gasteiger charge is 2.20. The summed E-state index contributed by atoms with van der Waals surface area (Å²) < 4.78 is 18.3. The van der Waals surface area contributed by atoms with Gasteiger partial charge in [0, 0.05) is 11.3 Å². The van der Waals surface area contributed by atoms with Crippen molar-refractivity contribution in [3.05, 3.63) is 58.0 Å². The second-order valence-electron chi connectivity index (χ2n) is 6.92. The number of rotatable bonds is 8. The average molecular weight is 389 g/mol. The summed E-state index contributed by atoms with van der Waals surface area (Å²) in [7, 11) is 0. The lowest BCUT2D eigenvalue weighted by molar-refractivity contribution is -0.148. The van der Waals surface area contributed by atoms with Gasteiger partial charge in [0.2, 0.25) is 0 Å². The summed E-state index contributed by atoms with van der Waals surface area (Å²) in [5, 5.41) is 4.80. The van der Waals surface area contributed by atoms with Crippen molar-refractivity contribution in [2.45, 2.75) is 44.6 Å². The molecule has 3 rings (SSSR count). The van der Waals surface area contributed by atoms with Gasteiger partial charge in [-0.15, -0.1) is 11.3 Å². The lowest BCUT2D eigenvalue weighted by atomic mass is 10.0. The van der Waals surface area contributed by atoms with E-state index in [1.54, 1.807) is 12.1 Å². The first-order valence-corrected chi connectivity index (χ1v) is 10.2. The van der Waals surface area contributed by atoms with Crippen molar-refractivity contribution in [1.82, 2.24) is 5.32 Å². The topological polar surface area (TPSA) is 55.4 Å². The minimum atomic E-state index is -0.393. The number of benzene rings is 1. The molecule has 0 saturated heterocycles. The zero-order chi connectivity index (χ0) is 19.1. The van der Waals surface area contributed by atoms with Crippen LogP contribution >= 0.6 is 11.3 Å². The van der Waals surface area contributed by atoms with E-state index in [4.69, 9.17) is 4.74 Å². The van der Waals surface area contributed by atoms with Gasteiger partial charge in [-0.1, -0.05) is 43.9 Å². The highest BCUT2D eigenvalue weighted by atomic mass is 32.1. The number of amides is 1. The van der Waals surface area contributed by atoms with Crippen LogP contribution in [-0.2, 0) is 14.3 Å². The number of thiophene rings is 1. The fraction of sp³-hybridized carbons (Fsp3) is 0.429. The number of carbonyl (C=O) groups is 2. The SMILES string of the molecule is O=C(COC(=O)CCC1CCCC1)N[C@@H](c1ccc(F)cc1)c1cccs1. The molecule has 0 unspecified atom stereocenters.